The molecule has 0 spiro atoms. The summed E-state index contributed by atoms with van der Waals surface area (Å²) in [5, 5.41) is 7.66. The highest BCUT2D eigenvalue weighted by Crippen LogP contribution is 2.39. The molecule has 10 aromatic rings. The number of fused-ring (bicyclic) bond motifs is 7. The Kier molecular flexibility index (Phi) is 5.25. The van der Waals surface area contributed by atoms with Gasteiger partial charge in [0.15, 0.2) is 0 Å². The van der Waals surface area contributed by atoms with Gasteiger partial charge in [-0.05, 0) is 45.8 Å². The first-order chi connectivity index (χ1) is 22.8. The largest absolute Gasteiger partial charge is 0.439 e. The molecule has 214 valence electrons. The van der Waals surface area contributed by atoms with Crippen molar-refractivity contribution in [3.8, 4) is 22.3 Å². The first kappa shape index (κ1) is 25.1. The average molecular weight is 588 g/mol. The molecule has 4 aromatic heterocycles. The van der Waals surface area contributed by atoms with Gasteiger partial charge in [-0.2, -0.15) is 0 Å². The molecule has 1 N–H and O–H groups in total. The number of aromatic nitrogens is 3. The van der Waals surface area contributed by atoms with Crippen molar-refractivity contribution in [1.82, 2.24) is 15.0 Å². The molecule has 0 aliphatic heterocycles. The zero-order valence-electron chi connectivity index (χ0n) is 24.7. The quantitative estimate of drug-likeness (QED) is 0.205. The van der Waals surface area contributed by atoms with E-state index in [1.54, 1.807) is 0 Å². The van der Waals surface area contributed by atoms with Crippen LogP contribution >= 0.6 is 0 Å². The van der Waals surface area contributed by atoms with Crippen LogP contribution in [0.5, 0.6) is 0 Å². The summed E-state index contributed by atoms with van der Waals surface area (Å²) in [5.74, 6) is 0. The molecule has 0 unspecified atom stereocenters. The summed E-state index contributed by atoms with van der Waals surface area (Å²) in [7, 11) is 0. The van der Waals surface area contributed by atoms with Gasteiger partial charge < -0.3 is 9.40 Å². The third kappa shape index (κ3) is 3.74. The average Bonchev–Trinajstić information content (AvgIpc) is 3.50. The van der Waals surface area contributed by atoms with Gasteiger partial charge in [0.25, 0.3) is 0 Å². The van der Waals surface area contributed by atoms with Crippen LogP contribution < -0.4 is 0 Å². The van der Waals surface area contributed by atoms with Gasteiger partial charge in [-0.3, -0.25) is 0 Å². The van der Waals surface area contributed by atoms with Crippen LogP contribution in [0.25, 0.3) is 98.8 Å². The number of H-pyrrole nitrogens is 1. The van der Waals surface area contributed by atoms with Crippen LogP contribution in [0.2, 0.25) is 0 Å². The van der Waals surface area contributed by atoms with Crippen molar-refractivity contribution < 1.29 is 4.42 Å². The molecule has 6 aromatic carbocycles. The smallest absolute Gasteiger partial charge is 0.220 e. The van der Waals surface area contributed by atoms with Crippen LogP contribution in [0.4, 0.5) is 0 Å². The van der Waals surface area contributed by atoms with Crippen LogP contribution in [-0.4, -0.2) is 15.0 Å². The third-order valence-corrected chi connectivity index (χ3v) is 9.22. The molecular formula is C42H25N3O. The van der Waals surface area contributed by atoms with Crippen LogP contribution in [0.1, 0.15) is 0 Å². The number of nitrogens with one attached hydrogen (secondary N) is 1. The summed E-state index contributed by atoms with van der Waals surface area (Å²) in [6, 6.07) is 50.9. The maximum absolute atomic E-state index is 6.62. The Balaban J connectivity index is 1.51. The van der Waals surface area contributed by atoms with E-state index < -0.39 is 0 Å². The van der Waals surface area contributed by atoms with E-state index in [2.05, 4.69) is 132 Å². The maximum Gasteiger partial charge on any atom is 0.220 e. The van der Waals surface area contributed by atoms with E-state index in [4.69, 9.17) is 14.4 Å². The lowest BCUT2D eigenvalue weighted by molar-refractivity contribution is 0.643. The fourth-order valence-corrected chi connectivity index (χ4v) is 7.10. The molecule has 0 saturated heterocycles. The van der Waals surface area contributed by atoms with Gasteiger partial charge in [-0.1, -0.05) is 121 Å². The Hall–Kier alpha value is -6.26. The highest BCUT2D eigenvalue weighted by molar-refractivity contribution is 6.22. The molecule has 8 bridgehead atoms. The summed E-state index contributed by atoms with van der Waals surface area (Å²) in [5.41, 5.74) is 10.3. The molecule has 0 atom stereocenters. The van der Waals surface area contributed by atoms with Crippen molar-refractivity contribution in [2.45, 2.75) is 0 Å². The minimum atomic E-state index is 0.529. The predicted molar refractivity (Wildman–Crippen MR) is 191 cm³/mol. The summed E-state index contributed by atoms with van der Waals surface area (Å²) in [6.07, 6.45) is 0. The SMILES string of the molecule is c1ccc(-c2cc3nc4c2ccc2c(-c5ccccc5)cc(nc24)c2cccc4c5cccc(c6cccc(c6)o3)c5[nH]c24)cc1. The van der Waals surface area contributed by atoms with E-state index in [0.717, 1.165) is 82.4 Å². The summed E-state index contributed by atoms with van der Waals surface area (Å²) in [4.78, 5) is 14.5. The van der Waals surface area contributed by atoms with Crippen molar-refractivity contribution in [2.75, 3.05) is 0 Å². The highest BCUT2D eigenvalue weighted by Gasteiger charge is 2.16. The monoisotopic (exact) mass is 587 g/mol. The number of para-hydroxylation sites is 2. The second-order valence-electron chi connectivity index (χ2n) is 11.9. The first-order valence-electron chi connectivity index (χ1n) is 15.5. The van der Waals surface area contributed by atoms with Crippen molar-refractivity contribution in [3.05, 3.63) is 146 Å². The first-order valence-corrected chi connectivity index (χ1v) is 15.5. The molecule has 4 nitrogen and oxygen atoms in total. The Bertz CT molecular complexity index is 2850. The molecule has 0 aliphatic rings. The molecule has 0 saturated carbocycles. The number of pyridine rings is 2. The maximum atomic E-state index is 6.62. The van der Waals surface area contributed by atoms with Gasteiger partial charge in [-0.25, -0.2) is 9.97 Å². The zero-order valence-corrected chi connectivity index (χ0v) is 24.7. The number of rotatable bonds is 2. The Morgan fingerprint density at radius 1 is 0.435 bits per heavy atom. The number of aromatic amines is 1. The van der Waals surface area contributed by atoms with Gasteiger partial charge >= 0.3 is 0 Å². The fourth-order valence-electron chi connectivity index (χ4n) is 7.10. The van der Waals surface area contributed by atoms with Crippen molar-refractivity contribution in [2.24, 2.45) is 0 Å². The molecule has 10 rings (SSSR count). The Morgan fingerprint density at radius 2 is 1.02 bits per heavy atom. The standard InChI is InChI=1S/C42H25N3O/c1-3-10-25(11-4-1)35-23-37-34-19-9-18-31-30-17-8-16-29(39(30)45-40(31)34)27-14-7-15-28(22-27)46-38-24-36(26-12-5-2-6-13-26)33-21-20-32(35)41(43-37)42(33)44-38/h1-24,45H. The van der Waals surface area contributed by atoms with Gasteiger partial charge in [0.1, 0.15) is 11.1 Å². The molecule has 0 aliphatic carbocycles. The second-order valence-corrected chi connectivity index (χ2v) is 11.9. The van der Waals surface area contributed by atoms with Crippen molar-refractivity contribution in [3.63, 3.8) is 0 Å². The van der Waals surface area contributed by atoms with Crippen LogP contribution in [-0.2, 0) is 0 Å². The predicted octanol–water partition coefficient (Wildman–Crippen LogP) is 11.4. The van der Waals surface area contributed by atoms with Crippen molar-refractivity contribution >= 4 is 76.6 Å². The molecular weight excluding hydrogens is 562 g/mol. The molecule has 0 radical (unpaired) electrons. The highest BCUT2D eigenvalue weighted by atomic mass is 16.3. The van der Waals surface area contributed by atoms with Gasteiger partial charge in [0.05, 0.1) is 22.1 Å². The number of benzene rings is 6. The van der Waals surface area contributed by atoms with Crippen molar-refractivity contribution in [1.29, 1.82) is 0 Å². The fraction of sp³-hybridized carbons (Fsp3) is 0. The van der Waals surface area contributed by atoms with E-state index in [1.165, 1.54) is 10.8 Å². The Labute approximate surface area is 263 Å². The van der Waals surface area contributed by atoms with Crippen LogP contribution in [0, 0.1) is 0 Å². The minimum absolute atomic E-state index is 0.529. The lowest BCUT2D eigenvalue weighted by atomic mass is 9.95. The number of nitrogens with zero attached hydrogens (tertiary/aromatic N) is 2. The van der Waals surface area contributed by atoms with Gasteiger partial charge in [-0.15, -0.1) is 0 Å². The Morgan fingerprint density at radius 3 is 1.74 bits per heavy atom. The summed E-state index contributed by atoms with van der Waals surface area (Å²) >= 11 is 0. The number of hydrogen-bond acceptors (Lipinski definition) is 3. The van der Waals surface area contributed by atoms with Gasteiger partial charge in [0.2, 0.25) is 5.71 Å². The van der Waals surface area contributed by atoms with E-state index in [9.17, 15) is 0 Å². The second kappa shape index (κ2) is 9.62. The lowest BCUT2D eigenvalue weighted by Gasteiger charge is -2.13. The molecule has 46 heavy (non-hydrogen) atoms. The third-order valence-electron chi connectivity index (χ3n) is 9.22. The summed E-state index contributed by atoms with van der Waals surface area (Å²) in [6.45, 7) is 0. The molecule has 4 heteroatoms. The normalized spacial score (nSPS) is 11.9. The van der Waals surface area contributed by atoms with E-state index in [-0.39, 0.29) is 0 Å². The minimum Gasteiger partial charge on any atom is -0.439 e. The van der Waals surface area contributed by atoms with Crippen LogP contribution in [0.15, 0.2) is 150 Å². The van der Waals surface area contributed by atoms with E-state index in [1.807, 2.05) is 18.2 Å². The molecule has 0 amide bonds. The molecule has 4 heterocycles. The zero-order chi connectivity index (χ0) is 30.2. The number of hydrogen-bond donors (Lipinski definition) is 1. The summed E-state index contributed by atoms with van der Waals surface area (Å²) < 4.78 is 6.62. The van der Waals surface area contributed by atoms with Gasteiger partial charge in [0, 0.05) is 38.4 Å². The van der Waals surface area contributed by atoms with E-state index >= 15 is 0 Å². The topological polar surface area (TPSA) is 54.7 Å². The molecule has 0 fully saturated rings. The van der Waals surface area contributed by atoms with E-state index in [0.29, 0.717) is 5.71 Å². The van der Waals surface area contributed by atoms with Crippen LogP contribution in [0.3, 0.4) is 0 Å². The lowest BCUT2D eigenvalue weighted by Crippen LogP contribution is -1.92.